The largest absolute Gasteiger partial charge is 0.412 e. The van der Waals surface area contributed by atoms with Gasteiger partial charge in [-0.25, -0.2) is 0 Å². The molecule has 0 unspecified atom stereocenters. The van der Waals surface area contributed by atoms with Crippen LogP contribution in [-0.4, -0.2) is 11.0 Å². The average molecular weight is 211 g/mol. The first-order chi connectivity index (χ1) is 0. The van der Waals surface area contributed by atoms with Crippen molar-refractivity contribution in [3.63, 3.8) is 0 Å². The molecule has 0 aromatic heterocycles. The zero-order chi connectivity index (χ0) is 0. The maximum atomic E-state index is 0. The van der Waals surface area contributed by atoms with Gasteiger partial charge < -0.3 is 35.6 Å². The van der Waals surface area contributed by atoms with E-state index in [1.165, 1.54) is 0 Å². The van der Waals surface area contributed by atoms with E-state index in [9.17, 15) is 0 Å². The second-order valence-corrected chi connectivity index (χ2v) is 0. The van der Waals surface area contributed by atoms with E-state index in [0.29, 0.717) is 0 Å². The van der Waals surface area contributed by atoms with Gasteiger partial charge in [-0.2, -0.15) is 0 Å². The fraction of sp³-hybridized carbons (Fsp3) is 0. The van der Waals surface area contributed by atoms with Gasteiger partial charge in [0.05, 0.1) is 0 Å². The van der Waals surface area contributed by atoms with Crippen LogP contribution in [0.5, 0.6) is 0 Å². The van der Waals surface area contributed by atoms with E-state index in [1.54, 1.807) is 0 Å². The molecule has 16 N–H and O–H groups in total. The van der Waals surface area contributed by atoms with Gasteiger partial charge in [0.1, 0.15) is 0 Å². The Bertz CT molecular complexity index is 9.65. The Morgan fingerprint density at radius 3 is 0.429 bits per heavy atom. The van der Waals surface area contributed by atoms with Gasteiger partial charge in [-0.3, -0.25) is 0 Å². The molecular formula is H16N4O2Pd. The van der Waals surface area contributed by atoms with Gasteiger partial charge in [-0.05, 0) is 0 Å². The molecule has 0 aliphatic rings. The molecular weight excluding hydrogens is 194 g/mol. The van der Waals surface area contributed by atoms with Gasteiger partial charge in [-0.15, -0.1) is 0 Å². The molecule has 0 rings (SSSR count). The summed E-state index contributed by atoms with van der Waals surface area (Å²) in [5.74, 6) is 0. The van der Waals surface area contributed by atoms with Gasteiger partial charge in [0.2, 0.25) is 0 Å². The molecule has 0 amide bonds. The Labute approximate surface area is 56.7 Å². The van der Waals surface area contributed by atoms with Crippen LogP contribution in [0, 0.1) is 0 Å². The van der Waals surface area contributed by atoms with Gasteiger partial charge in [0.15, 0.2) is 0 Å². The van der Waals surface area contributed by atoms with E-state index < -0.39 is 0 Å². The summed E-state index contributed by atoms with van der Waals surface area (Å²) in [6.45, 7) is 0. The normalized spacial score (nSPS) is 0. The van der Waals surface area contributed by atoms with Crippen LogP contribution in [0.4, 0.5) is 0 Å². The van der Waals surface area contributed by atoms with Crippen LogP contribution in [0.15, 0.2) is 0 Å². The molecule has 0 aromatic rings. The molecule has 0 fully saturated rings. The third-order valence-electron chi connectivity index (χ3n) is 0. The molecule has 0 aliphatic heterocycles. The minimum Gasteiger partial charge on any atom is -0.412 e. The van der Waals surface area contributed by atoms with Crippen LogP contribution < -0.4 is 24.6 Å². The predicted molar refractivity (Wildman–Crippen MR) is 27.3 cm³/mol. The van der Waals surface area contributed by atoms with Gasteiger partial charge >= 0.3 is 0 Å². The fourth-order valence-corrected chi connectivity index (χ4v) is 0. The SMILES string of the molecule is N.N.N.N.O.O.[Pd]. The maximum Gasteiger partial charge on any atom is 0 e. The Morgan fingerprint density at radius 1 is 0.429 bits per heavy atom. The first kappa shape index (κ1) is 1720. The van der Waals surface area contributed by atoms with Crippen LogP contribution >= 0.6 is 0 Å². The van der Waals surface area contributed by atoms with Crippen molar-refractivity contribution in [3.8, 4) is 0 Å². The summed E-state index contributed by atoms with van der Waals surface area (Å²) in [6, 6.07) is 0. The summed E-state index contributed by atoms with van der Waals surface area (Å²) in [4.78, 5) is 0. The minimum absolute atomic E-state index is 0. The topological polar surface area (TPSA) is 203 Å². The molecule has 6 nitrogen and oxygen atoms in total. The monoisotopic (exact) mass is 210 g/mol. The van der Waals surface area contributed by atoms with E-state index in [-0.39, 0.29) is 56.0 Å². The molecule has 0 radical (unpaired) electrons. The van der Waals surface area contributed by atoms with Crippen molar-refractivity contribution in [3.05, 3.63) is 0 Å². The Kier molecular flexibility index (Phi) is 260000. The number of hydrogen-bond acceptors (Lipinski definition) is 4. The summed E-state index contributed by atoms with van der Waals surface area (Å²) >= 11 is 0. The van der Waals surface area contributed by atoms with Crippen molar-refractivity contribution in [2.24, 2.45) is 0 Å². The molecule has 0 saturated carbocycles. The average Bonchev–Trinajstić information content (AvgIpc) is 0. The van der Waals surface area contributed by atoms with Crippen molar-refractivity contribution >= 4 is 0 Å². The van der Waals surface area contributed by atoms with Crippen molar-refractivity contribution in [1.29, 1.82) is 0 Å². The number of hydrogen-bond donors (Lipinski definition) is 4. The second kappa shape index (κ2) is 1060. The first-order valence-electron chi connectivity index (χ1n) is 0. The van der Waals surface area contributed by atoms with Crippen LogP contribution in [0.2, 0.25) is 0 Å². The molecule has 0 atom stereocenters. The zero-order valence-electron chi connectivity index (χ0n) is 4.14. The molecule has 0 bridgehead atoms. The molecule has 0 spiro atoms. The van der Waals surface area contributed by atoms with Gasteiger partial charge in [-0.1, -0.05) is 0 Å². The molecule has 58 valence electrons. The smallest absolute Gasteiger partial charge is 0 e. The molecule has 0 aliphatic carbocycles. The molecule has 0 heterocycles. The Morgan fingerprint density at radius 2 is 0.429 bits per heavy atom. The van der Waals surface area contributed by atoms with E-state index >= 15 is 0 Å². The van der Waals surface area contributed by atoms with Crippen molar-refractivity contribution in [1.82, 2.24) is 24.6 Å². The summed E-state index contributed by atoms with van der Waals surface area (Å²) in [5.41, 5.74) is 0. The van der Waals surface area contributed by atoms with Crippen molar-refractivity contribution in [2.75, 3.05) is 0 Å². The Balaban J connectivity index is 0. The molecule has 7 heavy (non-hydrogen) atoms. The molecule has 7 heteroatoms. The summed E-state index contributed by atoms with van der Waals surface area (Å²) < 4.78 is 0. The summed E-state index contributed by atoms with van der Waals surface area (Å²) in [5, 5.41) is 0. The van der Waals surface area contributed by atoms with Crippen LogP contribution in [0.1, 0.15) is 0 Å². The minimum atomic E-state index is 0. The van der Waals surface area contributed by atoms with Gasteiger partial charge in [0, 0.05) is 20.4 Å². The third-order valence-corrected chi connectivity index (χ3v) is 0. The molecule has 0 saturated heterocycles. The zero-order valence-corrected chi connectivity index (χ0v) is 5.70. The second-order valence-electron chi connectivity index (χ2n) is 0. The van der Waals surface area contributed by atoms with Crippen LogP contribution in [0.25, 0.3) is 0 Å². The fourth-order valence-electron chi connectivity index (χ4n) is 0. The van der Waals surface area contributed by atoms with E-state index in [2.05, 4.69) is 0 Å². The van der Waals surface area contributed by atoms with Crippen LogP contribution in [-0.2, 0) is 20.4 Å². The van der Waals surface area contributed by atoms with E-state index in [1.807, 2.05) is 0 Å². The van der Waals surface area contributed by atoms with Gasteiger partial charge in [0.25, 0.3) is 0 Å². The third kappa shape index (κ3) is 704. The van der Waals surface area contributed by atoms with Crippen LogP contribution in [0.3, 0.4) is 0 Å². The Hall–Kier alpha value is 0.422. The van der Waals surface area contributed by atoms with Crippen molar-refractivity contribution < 1.29 is 31.4 Å². The molecule has 0 aromatic carbocycles. The standard InChI is InChI=1S/4H3N.2H2O.Pd/h4*1H3;2*1H2;. The summed E-state index contributed by atoms with van der Waals surface area (Å²) in [6.07, 6.45) is 0. The predicted octanol–water partition coefficient (Wildman–Crippen LogP) is -1.00. The quantitative estimate of drug-likeness (QED) is 0.371. The first-order valence-corrected chi connectivity index (χ1v) is 0. The number of rotatable bonds is 0. The maximum absolute atomic E-state index is 0. The van der Waals surface area contributed by atoms with E-state index in [0.717, 1.165) is 0 Å². The van der Waals surface area contributed by atoms with E-state index in [4.69, 9.17) is 0 Å². The summed E-state index contributed by atoms with van der Waals surface area (Å²) in [7, 11) is 0. The van der Waals surface area contributed by atoms with Crippen molar-refractivity contribution in [2.45, 2.75) is 0 Å².